The molecule has 0 aliphatic carbocycles. The number of hydrogen-bond donors (Lipinski definition) is 0. The molecular formula is C54H72N2O14+2. The second-order valence-corrected chi connectivity index (χ2v) is 18.0. The molecule has 16 nitrogen and oxygen atoms in total. The molecule has 0 saturated carbocycles. The Hall–Kier alpha value is -6.52. The molecule has 6 rings (SSSR count). The highest BCUT2D eigenvalue weighted by Crippen LogP contribution is 2.52. The summed E-state index contributed by atoms with van der Waals surface area (Å²) in [6, 6.07) is 15.9. The Bertz CT molecular complexity index is 2320. The first-order chi connectivity index (χ1) is 33.8. The molecule has 0 saturated heterocycles. The lowest BCUT2D eigenvalue weighted by Crippen LogP contribution is -2.53. The SMILES string of the molecule is COc1ccc(CC2c3c(cc(OC)c(OC)c3OC)CC[N+]2(C)CCCOC(=O)/C=C/C(=O)OCCC[N+]2(C)CCc3cc(OC)c(OC)c(OC)c3C2Cc2ccc(OC)c(OC)c2)cc1OC. The van der Waals surface area contributed by atoms with Gasteiger partial charge < -0.3 is 65.8 Å². The topological polar surface area (TPSA) is 145 Å². The Morgan fingerprint density at radius 3 is 1.16 bits per heavy atom. The highest BCUT2D eigenvalue weighted by molar-refractivity contribution is 5.91. The molecule has 0 aromatic heterocycles. The van der Waals surface area contributed by atoms with Crippen molar-refractivity contribution in [3.05, 3.63) is 94.1 Å². The zero-order valence-electron chi connectivity index (χ0n) is 43.0. The minimum Gasteiger partial charge on any atom is -0.493 e. The number of fused-ring (bicyclic) bond motifs is 2. The second kappa shape index (κ2) is 23.9. The quantitative estimate of drug-likeness (QED) is 0.0296. The first-order valence-electron chi connectivity index (χ1n) is 23.5. The molecule has 4 aromatic rings. The van der Waals surface area contributed by atoms with Crippen LogP contribution >= 0.6 is 0 Å². The highest BCUT2D eigenvalue weighted by Gasteiger charge is 2.44. The number of methoxy groups -OCH3 is 10. The summed E-state index contributed by atoms with van der Waals surface area (Å²) in [6.07, 6.45) is 6.29. The molecule has 16 heteroatoms. The Labute approximate surface area is 412 Å². The molecule has 4 aromatic carbocycles. The molecular weight excluding hydrogens is 901 g/mol. The van der Waals surface area contributed by atoms with E-state index in [1.54, 1.807) is 71.1 Å². The average molecular weight is 973 g/mol. The fourth-order valence-electron chi connectivity index (χ4n) is 10.4. The van der Waals surface area contributed by atoms with Crippen LogP contribution < -0.4 is 47.4 Å². The maximum absolute atomic E-state index is 12.9. The van der Waals surface area contributed by atoms with Gasteiger partial charge in [-0.3, -0.25) is 0 Å². The summed E-state index contributed by atoms with van der Waals surface area (Å²) in [7, 11) is 20.7. The summed E-state index contributed by atoms with van der Waals surface area (Å²) in [5.74, 6) is 4.95. The second-order valence-electron chi connectivity index (χ2n) is 18.0. The van der Waals surface area contributed by atoms with Crippen molar-refractivity contribution in [2.24, 2.45) is 0 Å². The fraction of sp³-hybridized carbons (Fsp3) is 0.481. The van der Waals surface area contributed by atoms with Crippen LogP contribution in [0.5, 0.6) is 57.5 Å². The van der Waals surface area contributed by atoms with Crippen LogP contribution in [0.4, 0.5) is 0 Å². The fourth-order valence-corrected chi connectivity index (χ4v) is 10.4. The van der Waals surface area contributed by atoms with E-state index < -0.39 is 11.9 Å². The predicted octanol–water partition coefficient (Wildman–Crippen LogP) is 7.47. The van der Waals surface area contributed by atoms with E-state index in [1.165, 1.54) is 0 Å². The van der Waals surface area contributed by atoms with Crippen LogP contribution in [0.1, 0.15) is 58.3 Å². The first-order valence-corrected chi connectivity index (χ1v) is 23.5. The molecule has 0 bridgehead atoms. The molecule has 2 aliphatic rings. The third kappa shape index (κ3) is 11.4. The number of ether oxygens (including phenoxy) is 12. The van der Waals surface area contributed by atoms with Gasteiger partial charge in [0.1, 0.15) is 12.1 Å². The van der Waals surface area contributed by atoms with Gasteiger partial charge in [0.25, 0.3) is 0 Å². The van der Waals surface area contributed by atoms with Crippen molar-refractivity contribution in [1.29, 1.82) is 0 Å². The van der Waals surface area contributed by atoms with Gasteiger partial charge in [-0.1, -0.05) is 12.1 Å². The maximum Gasteiger partial charge on any atom is 0.331 e. The molecule has 0 amide bonds. The molecule has 4 atom stereocenters. The molecule has 70 heavy (non-hydrogen) atoms. The van der Waals surface area contributed by atoms with Gasteiger partial charge in [-0.25, -0.2) is 9.59 Å². The summed E-state index contributed by atoms with van der Waals surface area (Å²) < 4.78 is 70.1. The molecule has 4 unspecified atom stereocenters. The molecule has 0 spiro atoms. The van der Waals surface area contributed by atoms with Crippen molar-refractivity contribution in [2.45, 2.75) is 50.6 Å². The van der Waals surface area contributed by atoms with E-state index in [0.717, 1.165) is 71.5 Å². The van der Waals surface area contributed by atoms with Crippen LogP contribution in [0, 0.1) is 0 Å². The van der Waals surface area contributed by atoms with Gasteiger partial charge >= 0.3 is 11.9 Å². The number of likely N-dealkylation sites (N-methyl/N-ethyl adjacent to an activating group) is 2. The van der Waals surface area contributed by atoms with Crippen LogP contribution in [0.2, 0.25) is 0 Å². The third-order valence-corrected chi connectivity index (χ3v) is 14.1. The lowest BCUT2D eigenvalue weighted by atomic mass is 9.85. The molecule has 380 valence electrons. The van der Waals surface area contributed by atoms with E-state index in [4.69, 9.17) is 56.8 Å². The minimum absolute atomic E-state index is 0.0591. The van der Waals surface area contributed by atoms with Crippen LogP contribution in [0.25, 0.3) is 0 Å². The third-order valence-electron chi connectivity index (χ3n) is 14.1. The Morgan fingerprint density at radius 1 is 0.471 bits per heavy atom. The van der Waals surface area contributed by atoms with E-state index in [-0.39, 0.29) is 25.3 Å². The lowest BCUT2D eigenvalue weighted by Gasteiger charge is -2.46. The number of quaternary nitrogens is 2. The van der Waals surface area contributed by atoms with Crippen molar-refractivity contribution in [3.63, 3.8) is 0 Å². The van der Waals surface area contributed by atoms with Crippen molar-refractivity contribution in [2.75, 3.05) is 125 Å². The number of carbonyl (C=O) groups excluding carboxylic acids is 2. The summed E-state index contributed by atoms with van der Waals surface area (Å²) in [5.41, 5.74) is 6.49. The summed E-state index contributed by atoms with van der Waals surface area (Å²) in [4.78, 5) is 25.8. The summed E-state index contributed by atoms with van der Waals surface area (Å²) in [5, 5.41) is 0. The van der Waals surface area contributed by atoms with Gasteiger partial charge in [0.2, 0.25) is 11.5 Å². The Morgan fingerprint density at radius 2 is 0.829 bits per heavy atom. The van der Waals surface area contributed by atoms with Crippen molar-refractivity contribution < 1.29 is 75.4 Å². The highest BCUT2D eigenvalue weighted by atomic mass is 16.6. The lowest BCUT2D eigenvalue weighted by molar-refractivity contribution is -0.941. The minimum atomic E-state index is -0.618. The normalized spacial score (nSPS) is 19.3. The maximum atomic E-state index is 12.9. The van der Waals surface area contributed by atoms with E-state index in [9.17, 15) is 9.59 Å². The van der Waals surface area contributed by atoms with Gasteiger partial charge in [-0.2, -0.15) is 0 Å². The Balaban J connectivity index is 1.08. The number of benzene rings is 4. The van der Waals surface area contributed by atoms with Gasteiger partial charge in [0, 0.05) is 50.7 Å². The smallest absolute Gasteiger partial charge is 0.331 e. The standard InChI is InChI=1S/C54H72N2O14/c1-55(25-21-37-33-45(63-7)51(65-9)53(67-11)49(37)39(55)29-35-15-17-41(59-3)43(31-35)61-5)23-13-27-69-47(57)19-20-48(58)70-28-14-24-56(2)26-22-38-34-46(64-8)52(66-10)54(68-12)50(38)40(56)30-36-16-18-42(60-4)44(32-36)62-6/h15-20,31-34,39-40H,13-14,21-30H2,1-12H3/q+2/b20-19+. The summed E-state index contributed by atoms with van der Waals surface area (Å²) in [6.45, 7) is 3.37. The number of nitrogens with zero attached hydrogens (tertiary/aromatic N) is 2. The van der Waals surface area contributed by atoms with E-state index in [2.05, 4.69) is 14.1 Å². The number of hydrogen-bond acceptors (Lipinski definition) is 14. The number of esters is 2. The van der Waals surface area contributed by atoms with Crippen LogP contribution in [-0.2, 0) is 44.7 Å². The van der Waals surface area contributed by atoms with Gasteiger partial charge in [-0.15, -0.1) is 0 Å². The van der Waals surface area contributed by atoms with Crippen LogP contribution in [0.15, 0.2) is 60.7 Å². The van der Waals surface area contributed by atoms with E-state index in [1.807, 2.05) is 48.5 Å². The molecule has 2 aliphatic heterocycles. The number of carbonyl (C=O) groups is 2. The molecule has 0 radical (unpaired) electrons. The predicted molar refractivity (Wildman–Crippen MR) is 264 cm³/mol. The van der Waals surface area contributed by atoms with Crippen LogP contribution in [-0.4, -0.2) is 145 Å². The van der Waals surface area contributed by atoms with Crippen molar-refractivity contribution >= 4 is 11.9 Å². The zero-order valence-corrected chi connectivity index (χ0v) is 43.0. The monoisotopic (exact) mass is 972 g/mol. The summed E-state index contributed by atoms with van der Waals surface area (Å²) >= 11 is 0. The zero-order chi connectivity index (χ0) is 50.6. The van der Waals surface area contributed by atoms with Crippen molar-refractivity contribution in [3.8, 4) is 57.5 Å². The van der Waals surface area contributed by atoms with E-state index >= 15 is 0 Å². The largest absolute Gasteiger partial charge is 0.493 e. The van der Waals surface area contributed by atoms with Crippen LogP contribution in [0.3, 0.4) is 0 Å². The van der Waals surface area contributed by atoms with E-state index in [0.29, 0.717) is 105 Å². The number of rotatable bonds is 24. The molecule has 0 fully saturated rings. The van der Waals surface area contributed by atoms with Gasteiger partial charge in [0.05, 0.1) is 136 Å². The first kappa shape index (κ1) is 52.8. The van der Waals surface area contributed by atoms with Crippen molar-refractivity contribution in [1.82, 2.24) is 0 Å². The Kier molecular flexibility index (Phi) is 18.0. The average Bonchev–Trinajstić information content (AvgIpc) is 3.38. The molecule has 2 heterocycles. The van der Waals surface area contributed by atoms with Gasteiger partial charge in [0.15, 0.2) is 46.0 Å². The molecule has 0 N–H and O–H groups in total. The van der Waals surface area contributed by atoms with Gasteiger partial charge in [-0.05, 0) is 58.7 Å².